The van der Waals surface area contributed by atoms with Gasteiger partial charge in [-0.3, -0.25) is 14.6 Å². The normalized spacial score (nSPS) is 14.9. The van der Waals surface area contributed by atoms with Gasteiger partial charge in [0.25, 0.3) is 0 Å². The summed E-state index contributed by atoms with van der Waals surface area (Å²) in [6.07, 6.45) is 7.36. The summed E-state index contributed by atoms with van der Waals surface area (Å²) in [5.74, 6) is -1.98. The predicted octanol–water partition coefficient (Wildman–Crippen LogP) is 7.09. The van der Waals surface area contributed by atoms with Gasteiger partial charge >= 0.3 is 23.0 Å². The monoisotopic (exact) mass is 853 g/mol. The van der Waals surface area contributed by atoms with Crippen LogP contribution in [0.2, 0.25) is 0 Å². The molecule has 2 aliphatic rings. The van der Waals surface area contributed by atoms with Gasteiger partial charge in [0, 0.05) is 61.4 Å². The Labute approximate surface area is 359 Å². The largest absolute Gasteiger partial charge is 2.00 e. The van der Waals surface area contributed by atoms with Gasteiger partial charge in [-0.2, -0.15) is 0 Å². The number of carbonyl (C=O) groups excluding carboxylic acids is 2. The number of carbonyl (C=O) groups is 3. The van der Waals surface area contributed by atoms with E-state index in [9.17, 15) is 19.5 Å². The number of allylic oxidation sites excluding steroid dienone is 2. The molecule has 0 aliphatic carbocycles. The molecule has 0 aromatic carbocycles. The average Bonchev–Trinajstić information content (AvgIpc) is 3.88. The molecule has 59 heavy (non-hydrogen) atoms. The van der Waals surface area contributed by atoms with Gasteiger partial charge < -0.3 is 36.3 Å². The van der Waals surface area contributed by atoms with E-state index in [1.54, 1.807) is 6.92 Å². The number of nitrogens with one attached hydrogen (secondary N) is 4. The maximum absolute atomic E-state index is 13.9. The molecule has 8 bridgehead atoms. The van der Waals surface area contributed by atoms with Gasteiger partial charge in [-0.1, -0.05) is 82.5 Å². The van der Waals surface area contributed by atoms with Crippen LogP contribution in [0.25, 0.3) is 39.3 Å². The molecular weight excluding hydrogens is 792 g/mol. The number of rotatable bonds is 20. The number of carboxylic acid groups (broad SMARTS) is 1. The van der Waals surface area contributed by atoms with Crippen molar-refractivity contribution in [2.45, 2.75) is 112 Å². The molecule has 321 valence electrons. The number of aromatic carboxylic acids is 1. The summed E-state index contributed by atoms with van der Waals surface area (Å²) in [7, 11) is 0. The number of aryl methyl sites for hydroxylation is 2. The third-order valence-electron chi connectivity index (χ3n) is 11.5. The smallest absolute Gasteiger partial charge is 0.657 e. The van der Waals surface area contributed by atoms with E-state index in [1.807, 2.05) is 38.1 Å². The Balaban J connectivity index is 0.00000769. The van der Waals surface area contributed by atoms with Crippen molar-refractivity contribution in [2.24, 2.45) is 0 Å². The van der Waals surface area contributed by atoms with Crippen LogP contribution in [0.1, 0.15) is 147 Å². The van der Waals surface area contributed by atoms with Crippen molar-refractivity contribution in [1.82, 2.24) is 41.2 Å². The number of nitrogens with zero attached hydrogens (tertiary/aromatic N) is 4. The molecule has 3 aromatic rings. The van der Waals surface area contributed by atoms with Crippen LogP contribution in [0.5, 0.6) is 0 Å². The Morgan fingerprint density at radius 1 is 0.814 bits per heavy atom. The standard InChI is InChI=1S/C46H64N8O4.Cu/c1-9-13-17-47-19-21-49-41(55)16-15-33-29(7)37-24-35-27(5)31(11-3)39(51-35)25-36-28(6)32(12-4)40(52-36)26-38-30(8)43(46(57)58)45(54-38)34(44(33)53-37)23-42(56)50-22-20-48-18-14-10-2;/h11,24-26,29,33,47-48H,3,9-10,12-23H2,1-2,4-8H3,(H5,49,50,51,52,53,54,55,56,57,58);/q;+2/p-2. The zero-order valence-corrected chi connectivity index (χ0v) is 36.8. The first-order valence-electron chi connectivity index (χ1n) is 21.1. The van der Waals surface area contributed by atoms with Crippen molar-refractivity contribution >= 4 is 57.1 Å². The summed E-state index contributed by atoms with van der Waals surface area (Å²) in [5, 5.41) is 23.6. The first kappa shape index (κ1) is 47.1. The molecule has 5 N–H and O–H groups in total. The summed E-state index contributed by atoms with van der Waals surface area (Å²) in [6.45, 7) is 22.3. The molecule has 0 saturated heterocycles. The summed E-state index contributed by atoms with van der Waals surface area (Å²) < 4.78 is 0. The number of hydrogen-bond acceptors (Lipinski definition) is 7. The number of amides is 2. The molecule has 0 saturated carbocycles. The van der Waals surface area contributed by atoms with Gasteiger partial charge in [0.2, 0.25) is 11.8 Å². The molecule has 2 aliphatic heterocycles. The van der Waals surface area contributed by atoms with Crippen LogP contribution in [0, 0.1) is 13.8 Å². The van der Waals surface area contributed by atoms with Gasteiger partial charge in [-0.05, 0) is 81.8 Å². The fourth-order valence-corrected chi connectivity index (χ4v) is 7.97. The maximum atomic E-state index is 13.9. The first-order valence-corrected chi connectivity index (χ1v) is 21.1. The van der Waals surface area contributed by atoms with Crippen LogP contribution in [0.4, 0.5) is 0 Å². The zero-order valence-electron chi connectivity index (χ0n) is 35.8. The molecule has 1 radical (unpaired) electrons. The first-order chi connectivity index (χ1) is 27.9. The third kappa shape index (κ3) is 11.2. The van der Waals surface area contributed by atoms with E-state index in [2.05, 4.69) is 55.5 Å². The minimum absolute atomic E-state index is 0. The molecule has 13 heteroatoms. The van der Waals surface area contributed by atoms with E-state index in [1.165, 1.54) is 0 Å². The summed E-state index contributed by atoms with van der Waals surface area (Å²) in [4.78, 5) is 60.7. The van der Waals surface area contributed by atoms with E-state index in [4.69, 9.17) is 19.9 Å². The number of unbranched alkanes of at least 4 members (excludes halogenated alkanes) is 2. The quantitative estimate of drug-likeness (QED) is 0.0584. The van der Waals surface area contributed by atoms with Crippen LogP contribution in [-0.2, 0) is 33.1 Å². The Kier molecular flexibility index (Phi) is 17.7. The number of aromatic nitrogens is 4. The molecule has 2 amide bonds. The topological polar surface area (TPSA) is 174 Å². The van der Waals surface area contributed by atoms with Gasteiger partial charge in [0.15, 0.2) is 0 Å². The Hall–Kier alpha value is -4.55. The average molecular weight is 855 g/mol. The van der Waals surface area contributed by atoms with Crippen LogP contribution in [0.15, 0.2) is 24.8 Å². The van der Waals surface area contributed by atoms with E-state index in [0.717, 1.165) is 83.5 Å². The van der Waals surface area contributed by atoms with E-state index in [0.29, 0.717) is 67.1 Å². The molecule has 0 spiro atoms. The SMILES string of the molecule is C=Cc1c(C)c2cc3nc(c(CC(=O)NCCNCCCC)c4[n-]c(cc5nc(cc1[n-]2)C(C)=C5CC)c(C)c4C(=O)O)C(CCC(=O)NCCNCCCC)C3C.[Cu+2]. The maximum Gasteiger partial charge on any atom is 2.00 e. The van der Waals surface area contributed by atoms with Crippen molar-refractivity contribution < 1.29 is 36.6 Å². The number of fused-ring (bicyclic) bond motifs is 8. The number of hydrogen-bond donors (Lipinski definition) is 5. The zero-order chi connectivity index (χ0) is 41.9. The summed E-state index contributed by atoms with van der Waals surface area (Å²) in [6, 6.07) is 5.82. The van der Waals surface area contributed by atoms with Crippen LogP contribution in [0.3, 0.4) is 0 Å². The molecule has 12 nitrogen and oxygen atoms in total. The molecule has 5 rings (SSSR count). The van der Waals surface area contributed by atoms with Crippen molar-refractivity contribution in [3.05, 3.63) is 75.4 Å². The summed E-state index contributed by atoms with van der Waals surface area (Å²) in [5.41, 5.74) is 9.83. The van der Waals surface area contributed by atoms with E-state index in [-0.39, 0.29) is 64.6 Å². The van der Waals surface area contributed by atoms with Gasteiger partial charge in [-0.25, -0.2) is 9.78 Å². The summed E-state index contributed by atoms with van der Waals surface area (Å²) >= 11 is 0. The van der Waals surface area contributed by atoms with Crippen molar-refractivity contribution in [3.8, 4) is 0 Å². The molecule has 3 aromatic heterocycles. The van der Waals surface area contributed by atoms with Crippen molar-refractivity contribution in [3.63, 3.8) is 0 Å². The minimum atomic E-state index is -1.14. The second-order valence-corrected chi connectivity index (χ2v) is 15.5. The fraction of sp³-hybridized carbons (Fsp3) is 0.500. The van der Waals surface area contributed by atoms with Gasteiger partial charge in [0.05, 0.1) is 17.8 Å². The minimum Gasteiger partial charge on any atom is -0.657 e. The molecular formula is C46H62CuN8O4. The third-order valence-corrected chi connectivity index (χ3v) is 11.5. The van der Waals surface area contributed by atoms with Crippen LogP contribution < -0.4 is 31.2 Å². The van der Waals surface area contributed by atoms with E-state index >= 15 is 0 Å². The molecule has 2 atom stereocenters. The second-order valence-electron chi connectivity index (χ2n) is 15.5. The molecule has 5 heterocycles. The van der Waals surface area contributed by atoms with Crippen molar-refractivity contribution in [1.29, 1.82) is 0 Å². The fourth-order valence-electron chi connectivity index (χ4n) is 7.97. The van der Waals surface area contributed by atoms with E-state index < -0.39 is 5.97 Å². The predicted molar refractivity (Wildman–Crippen MR) is 234 cm³/mol. The van der Waals surface area contributed by atoms with Crippen LogP contribution in [-0.4, -0.2) is 72.1 Å². The van der Waals surface area contributed by atoms with Gasteiger partial charge in [0.1, 0.15) is 0 Å². The Bertz CT molecular complexity index is 2200. The van der Waals surface area contributed by atoms with Crippen LogP contribution >= 0.6 is 0 Å². The Morgan fingerprint density at radius 3 is 2.05 bits per heavy atom. The number of carboxylic acids is 1. The Morgan fingerprint density at radius 2 is 1.44 bits per heavy atom. The molecule has 2 unspecified atom stereocenters. The van der Waals surface area contributed by atoms with Crippen molar-refractivity contribution in [2.75, 3.05) is 39.3 Å². The molecule has 0 fully saturated rings. The second kappa shape index (κ2) is 22.2. The van der Waals surface area contributed by atoms with Gasteiger partial charge in [-0.15, -0.1) is 22.1 Å².